The molecule has 0 saturated heterocycles. The maximum atomic E-state index is 13.9. The highest BCUT2D eigenvalue weighted by atomic mass is 19.1. The van der Waals surface area contributed by atoms with Gasteiger partial charge in [-0.25, -0.2) is 4.39 Å². The van der Waals surface area contributed by atoms with E-state index in [2.05, 4.69) is 18.2 Å². The Morgan fingerprint density at radius 2 is 1.90 bits per heavy atom. The third-order valence-electron chi connectivity index (χ3n) is 3.34. The summed E-state index contributed by atoms with van der Waals surface area (Å²) in [6.45, 7) is 4.90. The van der Waals surface area contributed by atoms with Crippen LogP contribution in [0.15, 0.2) is 36.4 Å². The van der Waals surface area contributed by atoms with E-state index < -0.39 is 0 Å². The molecule has 0 bridgehead atoms. The summed E-state index contributed by atoms with van der Waals surface area (Å²) >= 11 is 0. The minimum atomic E-state index is -0.332. The van der Waals surface area contributed by atoms with Crippen molar-refractivity contribution < 1.29 is 9.13 Å². The van der Waals surface area contributed by atoms with Gasteiger partial charge in [-0.15, -0.1) is 0 Å². The van der Waals surface area contributed by atoms with Gasteiger partial charge in [-0.1, -0.05) is 35.9 Å². The van der Waals surface area contributed by atoms with Crippen molar-refractivity contribution in [1.82, 2.24) is 0 Å². The van der Waals surface area contributed by atoms with Crippen molar-refractivity contribution >= 4 is 0 Å². The minimum absolute atomic E-state index is 0.318. The van der Waals surface area contributed by atoms with Gasteiger partial charge in [0.25, 0.3) is 0 Å². The molecule has 0 aliphatic rings. The van der Waals surface area contributed by atoms with E-state index in [-0.39, 0.29) is 5.82 Å². The number of hydrogen-bond donors (Lipinski definition) is 1. The summed E-state index contributed by atoms with van der Waals surface area (Å²) in [6, 6.07) is 11.1. The topological polar surface area (TPSA) is 35.2 Å². The molecule has 0 aromatic heterocycles. The third-order valence-corrected chi connectivity index (χ3v) is 3.34. The number of halogens is 1. The van der Waals surface area contributed by atoms with Crippen LogP contribution in [0.5, 0.6) is 5.75 Å². The van der Waals surface area contributed by atoms with E-state index in [0.717, 1.165) is 16.7 Å². The Morgan fingerprint density at radius 1 is 1.10 bits per heavy atom. The fraction of sp³-hybridized carbons (Fsp3) is 0.294. The van der Waals surface area contributed by atoms with E-state index in [0.29, 0.717) is 25.3 Å². The summed E-state index contributed by atoms with van der Waals surface area (Å²) in [6.07, 6.45) is 0.611. The number of ether oxygens (including phenoxy) is 1. The molecule has 0 heterocycles. The fourth-order valence-electron chi connectivity index (χ4n) is 2.17. The van der Waals surface area contributed by atoms with Gasteiger partial charge in [0.1, 0.15) is 6.61 Å². The van der Waals surface area contributed by atoms with Crippen LogP contribution in [0.2, 0.25) is 0 Å². The number of aryl methyl sites for hydroxylation is 2. The second kappa shape index (κ2) is 6.53. The summed E-state index contributed by atoms with van der Waals surface area (Å²) in [5.74, 6) is -0.0138. The Labute approximate surface area is 119 Å². The lowest BCUT2D eigenvalue weighted by atomic mass is 10.1. The number of nitrogens with two attached hydrogens (primary N) is 1. The van der Waals surface area contributed by atoms with E-state index >= 15 is 0 Å². The zero-order chi connectivity index (χ0) is 14.5. The average molecular weight is 273 g/mol. The first-order valence-corrected chi connectivity index (χ1v) is 6.78. The first-order valence-electron chi connectivity index (χ1n) is 6.78. The molecule has 2 nitrogen and oxygen atoms in total. The molecule has 0 aliphatic heterocycles. The van der Waals surface area contributed by atoms with E-state index in [1.807, 2.05) is 19.9 Å². The monoisotopic (exact) mass is 273 g/mol. The first kappa shape index (κ1) is 14.5. The van der Waals surface area contributed by atoms with Crippen LogP contribution in [-0.2, 0) is 13.0 Å². The molecule has 3 heteroatoms. The van der Waals surface area contributed by atoms with Crippen LogP contribution in [0.25, 0.3) is 0 Å². The predicted molar refractivity (Wildman–Crippen MR) is 79.4 cm³/mol. The van der Waals surface area contributed by atoms with Gasteiger partial charge in [-0.2, -0.15) is 0 Å². The van der Waals surface area contributed by atoms with Crippen LogP contribution in [0.3, 0.4) is 0 Å². The van der Waals surface area contributed by atoms with Gasteiger partial charge in [0.15, 0.2) is 11.6 Å². The number of rotatable bonds is 5. The fourth-order valence-corrected chi connectivity index (χ4v) is 2.17. The molecule has 2 N–H and O–H groups in total. The summed E-state index contributed by atoms with van der Waals surface area (Å²) < 4.78 is 19.6. The van der Waals surface area contributed by atoms with Gasteiger partial charge >= 0.3 is 0 Å². The molecule has 0 saturated carbocycles. The molecular weight excluding hydrogens is 253 g/mol. The zero-order valence-electron chi connectivity index (χ0n) is 11.9. The van der Waals surface area contributed by atoms with Crippen molar-refractivity contribution in [2.75, 3.05) is 6.54 Å². The quantitative estimate of drug-likeness (QED) is 0.904. The van der Waals surface area contributed by atoms with Crippen LogP contribution in [0.4, 0.5) is 4.39 Å². The predicted octanol–water partition coefficient (Wildman–Crippen LogP) is 3.52. The van der Waals surface area contributed by atoms with Gasteiger partial charge in [-0.05, 0) is 49.6 Å². The van der Waals surface area contributed by atoms with E-state index in [9.17, 15) is 4.39 Å². The van der Waals surface area contributed by atoms with Crippen molar-refractivity contribution in [3.05, 3.63) is 64.5 Å². The van der Waals surface area contributed by atoms with Gasteiger partial charge < -0.3 is 10.5 Å². The first-order chi connectivity index (χ1) is 9.61. The van der Waals surface area contributed by atoms with Crippen LogP contribution in [0, 0.1) is 19.7 Å². The van der Waals surface area contributed by atoms with Crippen molar-refractivity contribution in [2.24, 2.45) is 5.73 Å². The minimum Gasteiger partial charge on any atom is -0.486 e. The Balaban J connectivity index is 2.20. The Morgan fingerprint density at radius 3 is 2.65 bits per heavy atom. The van der Waals surface area contributed by atoms with Crippen molar-refractivity contribution in [2.45, 2.75) is 26.9 Å². The lowest BCUT2D eigenvalue weighted by molar-refractivity contribution is 0.286. The molecule has 106 valence electrons. The molecule has 20 heavy (non-hydrogen) atoms. The highest BCUT2D eigenvalue weighted by Crippen LogP contribution is 2.24. The largest absolute Gasteiger partial charge is 0.486 e. The second-order valence-corrected chi connectivity index (χ2v) is 4.99. The van der Waals surface area contributed by atoms with E-state index in [4.69, 9.17) is 10.5 Å². The smallest absolute Gasteiger partial charge is 0.165 e. The molecule has 0 fully saturated rings. The van der Waals surface area contributed by atoms with Crippen LogP contribution in [0.1, 0.15) is 22.3 Å². The molecule has 0 atom stereocenters. The standard InChI is InChI=1S/C17H20FNO/c1-12-6-7-13(2)15(10-12)11-20-17-14(8-9-19)4-3-5-16(17)18/h3-7,10H,8-9,11,19H2,1-2H3. The van der Waals surface area contributed by atoms with Crippen LogP contribution < -0.4 is 10.5 Å². The van der Waals surface area contributed by atoms with Crippen molar-refractivity contribution in [1.29, 1.82) is 0 Å². The third kappa shape index (κ3) is 3.36. The zero-order valence-corrected chi connectivity index (χ0v) is 11.9. The summed E-state index contributed by atoms with van der Waals surface area (Å²) in [5.41, 5.74) is 9.76. The summed E-state index contributed by atoms with van der Waals surface area (Å²) in [7, 11) is 0. The molecule has 0 radical (unpaired) electrons. The van der Waals surface area contributed by atoms with Crippen molar-refractivity contribution in [3.63, 3.8) is 0 Å². The Kier molecular flexibility index (Phi) is 4.74. The lowest BCUT2D eigenvalue weighted by Crippen LogP contribution is -2.07. The van der Waals surface area contributed by atoms with Gasteiger partial charge in [0, 0.05) is 0 Å². The number of para-hydroxylation sites is 1. The molecule has 0 amide bonds. The maximum Gasteiger partial charge on any atom is 0.165 e. The molecule has 2 rings (SSSR count). The Hall–Kier alpha value is -1.87. The molecule has 2 aromatic rings. The average Bonchev–Trinajstić information content (AvgIpc) is 2.42. The van der Waals surface area contributed by atoms with E-state index in [1.54, 1.807) is 6.07 Å². The molecule has 2 aromatic carbocycles. The number of hydrogen-bond acceptors (Lipinski definition) is 2. The maximum absolute atomic E-state index is 13.9. The second-order valence-electron chi connectivity index (χ2n) is 4.99. The Bertz CT molecular complexity index is 596. The van der Waals surface area contributed by atoms with Crippen LogP contribution in [-0.4, -0.2) is 6.54 Å². The summed E-state index contributed by atoms with van der Waals surface area (Å²) in [5, 5.41) is 0. The molecule has 0 unspecified atom stereocenters. The van der Waals surface area contributed by atoms with Gasteiger partial charge in [0.2, 0.25) is 0 Å². The van der Waals surface area contributed by atoms with Crippen molar-refractivity contribution in [3.8, 4) is 5.75 Å². The molecular formula is C17H20FNO. The normalized spacial score (nSPS) is 10.6. The highest BCUT2D eigenvalue weighted by molar-refractivity contribution is 5.36. The van der Waals surface area contributed by atoms with Crippen LogP contribution >= 0.6 is 0 Å². The van der Waals surface area contributed by atoms with Gasteiger partial charge in [0.05, 0.1) is 0 Å². The highest BCUT2D eigenvalue weighted by Gasteiger charge is 2.10. The van der Waals surface area contributed by atoms with Gasteiger partial charge in [-0.3, -0.25) is 0 Å². The molecule has 0 spiro atoms. The SMILES string of the molecule is Cc1ccc(C)c(COc2c(F)cccc2CCN)c1. The van der Waals surface area contributed by atoms with E-state index in [1.165, 1.54) is 11.6 Å². The summed E-state index contributed by atoms with van der Waals surface area (Å²) in [4.78, 5) is 0. The lowest BCUT2D eigenvalue weighted by Gasteiger charge is -2.13. The number of benzene rings is 2. The molecule has 0 aliphatic carbocycles.